The second kappa shape index (κ2) is 4.38. The van der Waals surface area contributed by atoms with Crippen LogP contribution in [0.15, 0.2) is 12.3 Å². The van der Waals surface area contributed by atoms with E-state index in [1.807, 2.05) is 6.07 Å². The molecule has 1 fully saturated rings. The normalized spacial score (nSPS) is 16.5. The Morgan fingerprint density at radius 1 is 1.33 bits per heavy atom. The largest absolute Gasteiger partial charge is 0.493 e. The Morgan fingerprint density at radius 3 is 2.73 bits per heavy atom. The van der Waals surface area contributed by atoms with Crippen molar-refractivity contribution in [1.29, 1.82) is 0 Å². The van der Waals surface area contributed by atoms with Gasteiger partial charge in [-0.1, -0.05) is 0 Å². The third-order valence-electron chi connectivity index (χ3n) is 2.73. The molecule has 0 aromatic carbocycles. The van der Waals surface area contributed by atoms with E-state index >= 15 is 0 Å². The molecule has 4 heteroatoms. The summed E-state index contributed by atoms with van der Waals surface area (Å²) in [6.07, 6.45) is 5.46. The Balaban J connectivity index is 2.25. The first-order chi connectivity index (χ1) is 7.31. The number of methoxy groups -OCH3 is 1. The van der Waals surface area contributed by atoms with Crippen LogP contribution in [0.2, 0.25) is 0 Å². The summed E-state index contributed by atoms with van der Waals surface area (Å²) in [5.41, 5.74) is 6.32. The van der Waals surface area contributed by atoms with Gasteiger partial charge in [0.05, 0.1) is 19.0 Å². The number of nitrogen functional groups attached to an aromatic ring is 1. The van der Waals surface area contributed by atoms with Gasteiger partial charge in [0.15, 0.2) is 11.6 Å². The first-order valence-electron chi connectivity index (χ1n) is 5.35. The highest BCUT2D eigenvalue weighted by Crippen LogP contribution is 2.29. The van der Waals surface area contributed by atoms with E-state index in [0.29, 0.717) is 5.69 Å². The molecule has 1 aliphatic rings. The molecule has 0 saturated carbocycles. The number of nitrogens with two attached hydrogens (primary N) is 1. The van der Waals surface area contributed by atoms with Crippen LogP contribution in [0.25, 0.3) is 0 Å². The minimum absolute atomic E-state index is 0.646. The fourth-order valence-corrected chi connectivity index (χ4v) is 1.95. The second-order valence-corrected chi connectivity index (χ2v) is 3.84. The van der Waals surface area contributed by atoms with E-state index in [4.69, 9.17) is 10.5 Å². The Labute approximate surface area is 90.0 Å². The maximum Gasteiger partial charge on any atom is 0.171 e. The van der Waals surface area contributed by atoms with E-state index in [2.05, 4.69) is 9.88 Å². The van der Waals surface area contributed by atoms with E-state index in [1.165, 1.54) is 19.3 Å². The van der Waals surface area contributed by atoms with Gasteiger partial charge in [0.1, 0.15) is 0 Å². The fourth-order valence-electron chi connectivity index (χ4n) is 1.95. The molecule has 1 saturated heterocycles. The van der Waals surface area contributed by atoms with Gasteiger partial charge < -0.3 is 15.4 Å². The molecule has 4 nitrogen and oxygen atoms in total. The molecule has 2 N–H and O–H groups in total. The minimum atomic E-state index is 0.646. The smallest absolute Gasteiger partial charge is 0.171 e. The predicted octanol–water partition coefficient (Wildman–Crippen LogP) is 1.66. The quantitative estimate of drug-likeness (QED) is 0.801. The van der Waals surface area contributed by atoms with Crippen LogP contribution < -0.4 is 15.4 Å². The van der Waals surface area contributed by atoms with Crippen LogP contribution in [-0.2, 0) is 0 Å². The Hall–Kier alpha value is -1.45. The van der Waals surface area contributed by atoms with E-state index < -0.39 is 0 Å². The number of ether oxygens (including phenoxy) is 1. The summed E-state index contributed by atoms with van der Waals surface area (Å²) in [5, 5.41) is 0. The van der Waals surface area contributed by atoms with E-state index in [0.717, 1.165) is 24.7 Å². The molecular weight excluding hydrogens is 190 g/mol. The first kappa shape index (κ1) is 10.1. The number of pyridine rings is 1. The van der Waals surface area contributed by atoms with Gasteiger partial charge in [-0.3, -0.25) is 0 Å². The van der Waals surface area contributed by atoms with Crippen LogP contribution in [0.3, 0.4) is 0 Å². The number of anilines is 2. The van der Waals surface area contributed by atoms with Gasteiger partial charge >= 0.3 is 0 Å². The van der Waals surface area contributed by atoms with Gasteiger partial charge in [0, 0.05) is 19.2 Å². The summed E-state index contributed by atoms with van der Waals surface area (Å²) in [7, 11) is 1.66. The topological polar surface area (TPSA) is 51.4 Å². The van der Waals surface area contributed by atoms with Crippen molar-refractivity contribution in [2.75, 3.05) is 30.8 Å². The lowest BCUT2D eigenvalue weighted by Gasteiger charge is -2.28. The number of rotatable bonds is 2. The van der Waals surface area contributed by atoms with Crippen molar-refractivity contribution in [3.05, 3.63) is 12.3 Å². The molecule has 0 atom stereocenters. The first-order valence-corrected chi connectivity index (χ1v) is 5.35. The molecule has 0 spiro atoms. The van der Waals surface area contributed by atoms with E-state index in [-0.39, 0.29) is 0 Å². The molecule has 0 radical (unpaired) electrons. The third-order valence-corrected chi connectivity index (χ3v) is 2.73. The van der Waals surface area contributed by atoms with Crippen molar-refractivity contribution >= 4 is 11.5 Å². The van der Waals surface area contributed by atoms with Crippen LogP contribution in [0, 0.1) is 0 Å². The van der Waals surface area contributed by atoms with Gasteiger partial charge in [-0.25, -0.2) is 4.98 Å². The molecular formula is C11H17N3O. The number of nitrogens with zero attached hydrogens (tertiary/aromatic N) is 2. The summed E-state index contributed by atoms with van der Waals surface area (Å²) < 4.78 is 5.30. The highest BCUT2D eigenvalue weighted by Gasteiger charge is 2.16. The highest BCUT2D eigenvalue weighted by molar-refractivity contribution is 5.58. The lowest BCUT2D eigenvalue weighted by atomic mass is 10.1. The van der Waals surface area contributed by atoms with Gasteiger partial charge in [-0.05, 0) is 19.3 Å². The standard InChI is InChI=1S/C11H17N3O/c1-15-10-7-9(12)8-13-11(10)14-5-3-2-4-6-14/h7-8H,2-6,12H2,1H3. The van der Waals surface area contributed by atoms with Crippen molar-refractivity contribution in [3.63, 3.8) is 0 Å². The van der Waals surface area contributed by atoms with Crippen molar-refractivity contribution in [2.45, 2.75) is 19.3 Å². The maximum atomic E-state index is 5.67. The zero-order valence-corrected chi connectivity index (χ0v) is 9.07. The number of hydrogen-bond acceptors (Lipinski definition) is 4. The van der Waals surface area contributed by atoms with Crippen molar-refractivity contribution in [3.8, 4) is 5.75 Å². The molecule has 1 aromatic rings. The Bertz CT molecular complexity index is 335. The van der Waals surface area contributed by atoms with Crippen molar-refractivity contribution in [2.24, 2.45) is 0 Å². The average molecular weight is 207 g/mol. The van der Waals surface area contributed by atoms with Gasteiger partial charge in [0.25, 0.3) is 0 Å². The summed E-state index contributed by atoms with van der Waals surface area (Å²) in [6.45, 7) is 2.13. The van der Waals surface area contributed by atoms with Crippen LogP contribution >= 0.6 is 0 Å². The van der Waals surface area contributed by atoms with Crippen LogP contribution in [0.4, 0.5) is 11.5 Å². The van der Waals surface area contributed by atoms with Gasteiger partial charge in [0.2, 0.25) is 0 Å². The lowest BCUT2D eigenvalue weighted by Crippen LogP contribution is -2.30. The fraction of sp³-hybridized carbons (Fsp3) is 0.545. The van der Waals surface area contributed by atoms with Crippen LogP contribution in [-0.4, -0.2) is 25.2 Å². The van der Waals surface area contributed by atoms with Crippen molar-refractivity contribution < 1.29 is 4.74 Å². The Morgan fingerprint density at radius 2 is 2.07 bits per heavy atom. The molecule has 2 rings (SSSR count). The average Bonchev–Trinajstić information content (AvgIpc) is 2.30. The highest BCUT2D eigenvalue weighted by atomic mass is 16.5. The molecule has 82 valence electrons. The molecule has 1 aliphatic heterocycles. The molecule has 0 amide bonds. The molecule has 0 unspecified atom stereocenters. The zero-order valence-electron chi connectivity index (χ0n) is 9.07. The minimum Gasteiger partial charge on any atom is -0.493 e. The molecule has 0 aliphatic carbocycles. The number of piperidine rings is 1. The second-order valence-electron chi connectivity index (χ2n) is 3.84. The molecule has 0 bridgehead atoms. The van der Waals surface area contributed by atoms with Crippen LogP contribution in [0.1, 0.15) is 19.3 Å². The Kier molecular flexibility index (Phi) is 2.94. The summed E-state index contributed by atoms with van der Waals surface area (Å²) in [6, 6.07) is 1.83. The zero-order chi connectivity index (χ0) is 10.7. The molecule has 1 aromatic heterocycles. The number of aromatic nitrogens is 1. The molecule has 15 heavy (non-hydrogen) atoms. The predicted molar refractivity (Wildman–Crippen MR) is 61.3 cm³/mol. The molecule has 2 heterocycles. The SMILES string of the molecule is COc1cc(N)cnc1N1CCCCC1. The summed E-state index contributed by atoms with van der Waals surface area (Å²) in [4.78, 5) is 6.61. The lowest BCUT2D eigenvalue weighted by molar-refractivity contribution is 0.410. The third kappa shape index (κ3) is 2.14. The summed E-state index contributed by atoms with van der Waals surface area (Å²) >= 11 is 0. The maximum absolute atomic E-state index is 5.67. The monoisotopic (exact) mass is 207 g/mol. The van der Waals surface area contributed by atoms with E-state index in [9.17, 15) is 0 Å². The number of hydrogen-bond donors (Lipinski definition) is 1. The van der Waals surface area contributed by atoms with Crippen molar-refractivity contribution in [1.82, 2.24) is 4.98 Å². The van der Waals surface area contributed by atoms with Crippen LogP contribution in [0.5, 0.6) is 5.75 Å². The van der Waals surface area contributed by atoms with Gasteiger partial charge in [-0.15, -0.1) is 0 Å². The summed E-state index contributed by atoms with van der Waals surface area (Å²) in [5.74, 6) is 1.70. The van der Waals surface area contributed by atoms with E-state index in [1.54, 1.807) is 13.3 Å². The van der Waals surface area contributed by atoms with Gasteiger partial charge in [-0.2, -0.15) is 0 Å².